The molecule has 2 atom stereocenters. The Morgan fingerprint density at radius 1 is 0.818 bits per heavy atom. The summed E-state index contributed by atoms with van der Waals surface area (Å²) in [5.74, 6) is -6.18. The van der Waals surface area contributed by atoms with Gasteiger partial charge in [0.1, 0.15) is 35.1 Å². The number of nitrogens with zero attached hydrogens (tertiary/aromatic N) is 7. The van der Waals surface area contributed by atoms with Crippen LogP contribution in [0.4, 0.5) is 11.9 Å². The van der Waals surface area contributed by atoms with Crippen molar-refractivity contribution in [2.24, 2.45) is 11.5 Å². The molecule has 1 aliphatic rings. The third-order valence-corrected chi connectivity index (χ3v) is 12.4. The van der Waals surface area contributed by atoms with Gasteiger partial charge in [-0.05, 0) is 49.9 Å². The van der Waals surface area contributed by atoms with Gasteiger partial charge in [-0.3, -0.25) is 58.7 Å². The number of hydrogen-bond acceptors (Lipinski definition) is 18. The number of methoxy groups -OCH3 is 1. The van der Waals surface area contributed by atoms with E-state index < -0.39 is 77.5 Å². The molecule has 28 heteroatoms. The zero-order chi connectivity index (χ0) is 55.8. The Morgan fingerprint density at radius 2 is 1.34 bits per heavy atom. The van der Waals surface area contributed by atoms with Crippen molar-refractivity contribution in [1.82, 2.24) is 44.6 Å². The highest BCUT2D eigenvalue weighted by atomic mass is 32.1. The van der Waals surface area contributed by atoms with Gasteiger partial charge in [0.25, 0.3) is 11.8 Å². The van der Waals surface area contributed by atoms with Gasteiger partial charge >= 0.3 is 5.97 Å². The number of carbonyl (C=O) groups is 9. The summed E-state index contributed by atoms with van der Waals surface area (Å²) in [5.41, 5.74) is 13.4. The van der Waals surface area contributed by atoms with Gasteiger partial charge in [0.05, 0.1) is 41.4 Å². The van der Waals surface area contributed by atoms with E-state index in [4.69, 9.17) is 29.8 Å². The highest BCUT2D eigenvalue weighted by Gasteiger charge is 2.38. The van der Waals surface area contributed by atoms with Gasteiger partial charge < -0.3 is 54.6 Å². The van der Waals surface area contributed by atoms with Crippen molar-refractivity contribution >= 4 is 99.8 Å². The minimum Gasteiger partial charge on any atom is -0.494 e. The molecule has 1 unspecified atom stereocenters. The first-order chi connectivity index (χ1) is 36.7. The fraction of sp³-hybridized carbons (Fsp3) is 0.367. The standard InChI is InChI=1S/C49H55N13O14S/c1-6-27-40(75-23(3)53-27)45(70)58-48-56-30-17-25(42(50)67)19-32(73-5)38(30)60(48)14-8-9-15-61-39-31(57-49(61)59-46(71)41-28(7-2)54-24(4)76-41)18-26(43(51)68)20-33(39)74-16-10-13-52-44(69)29(11-12-37(65)66)55-35(63)22-62-36(64)21-34(77)47(62)72/h8-9,17-20,29,34,77H,6-7,10-16,21-22H2,1-5H3,(H2,50,67)(H2,51,68)(H,52,69)(H,55,63)(H,65,66)(H,56,58,70)(H,57,59,71)/b9-8+/t29-,34?/m0/s1. The molecule has 0 radical (unpaired) electrons. The van der Waals surface area contributed by atoms with Gasteiger partial charge in [-0.15, -0.1) is 0 Å². The van der Waals surface area contributed by atoms with E-state index in [1.807, 2.05) is 6.92 Å². The summed E-state index contributed by atoms with van der Waals surface area (Å²) in [4.78, 5) is 133. The summed E-state index contributed by atoms with van der Waals surface area (Å²) in [6.07, 6.45) is 3.33. The lowest BCUT2D eigenvalue weighted by atomic mass is 10.1. The van der Waals surface area contributed by atoms with Crippen molar-refractivity contribution in [3.63, 3.8) is 0 Å². The third-order valence-electron chi connectivity index (χ3n) is 12.0. The number of nitrogens with two attached hydrogens (primary N) is 2. The number of likely N-dealkylation sites (tertiary alicyclic amines) is 1. The number of aromatic nitrogens is 6. The molecule has 1 fully saturated rings. The molecule has 406 valence electrons. The Labute approximate surface area is 442 Å². The molecule has 6 aromatic rings. The molecule has 8 amide bonds. The molecule has 0 aliphatic carbocycles. The van der Waals surface area contributed by atoms with E-state index in [0.29, 0.717) is 34.6 Å². The lowest BCUT2D eigenvalue weighted by molar-refractivity contribution is -0.142. The number of nitrogens with one attached hydrogen (secondary N) is 4. The summed E-state index contributed by atoms with van der Waals surface area (Å²) in [5, 5.41) is 19.0. The van der Waals surface area contributed by atoms with E-state index in [2.05, 4.69) is 53.8 Å². The topological polar surface area (TPSA) is 383 Å². The van der Waals surface area contributed by atoms with Gasteiger partial charge in [0.15, 0.2) is 11.8 Å². The number of carbonyl (C=O) groups excluding carboxylic acids is 8. The molecule has 4 aromatic heterocycles. The molecule has 27 nitrogen and oxygen atoms in total. The molecule has 5 heterocycles. The van der Waals surface area contributed by atoms with E-state index in [1.165, 1.54) is 31.4 Å². The first-order valence-corrected chi connectivity index (χ1v) is 24.6. The maximum absolute atomic E-state index is 13.9. The molecule has 2 aromatic carbocycles. The van der Waals surface area contributed by atoms with Crippen LogP contribution in [0.15, 0.2) is 45.3 Å². The number of rotatable bonds is 25. The Balaban J connectivity index is 1.16. The fourth-order valence-electron chi connectivity index (χ4n) is 8.35. The predicted octanol–water partition coefficient (Wildman–Crippen LogP) is 2.36. The average Bonchev–Trinajstić information content (AvgIpc) is 4.22. The second kappa shape index (κ2) is 24.1. The zero-order valence-electron chi connectivity index (χ0n) is 42.4. The number of benzene rings is 2. The second-order valence-corrected chi connectivity index (χ2v) is 18.0. The number of aliphatic carboxylic acids is 1. The molecule has 0 saturated carbocycles. The number of oxazole rings is 2. The van der Waals surface area contributed by atoms with Crippen molar-refractivity contribution in [2.45, 2.75) is 90.6 Å². The van der Waals surface area contributed by atoms with Gasteiger partial charge in [-0.2, -0.15) is 12.6 Å². The monoisotopic (exact) mass is 1080 g/mol. The number of hydrogen-bond donors (Lipinski definition) is 8. The zero-order valence-corrected chi connectivity index (χ0v) is 43.3. The number of imidazole rings is 2. The van der Waals surface area contributed by atoms with Crippen LogP contribution in [0.3, 0.4) is 0 Å². The van der Waals surface area contributed by atoms with Gasteiger partial charge in [0.2, 0.25) is 58.9 Å². The maximum atomic E-state index is 13.9. The van der Waals surface area contributed by atoms with Crippen molar-refractivity contribution in [1.29, 1.82) is 0 Å². The summed E-state index contributed by atoms with van der Waals surface area (Å²) in [6, 6.07) is 4.35. The summed E-state index contributed by atoms with van der Waals surface area (Å²) in [7, 11) is 1.40. The van der Waals surface area contributed by atoms with Gasteiger partial charge in [0, 0.05) is 57.5 Å². The first-order valence-electron chi connectivity index (χ1n) is 24.1. The van der Waals surface area contributed by atoms with Crippen LogP contribution in [-0.2, 0) is 49.9 Å². The third kappa shape index (κ3) is 12.7. The number of anilines is 2. The molecular weight excluding hydrogens is 1030 g/mol. The normalized spacial score (nSPS) is 13.8. The van der Waals surface area contributed by atoms with Crippen molar-refractivity contribution < 1.29 is 66.6 Å². The van der Waals surface area contributed by atoms with Crippen LogP contribution >= 0.6 is 12.6 Å². The second-order valence-electron chi connectivity index (χ2n) is 17.4. The number of amides is 8. The fourth-order valence-corrected chi connectivity index (χ4v) is 8.64. The first kappa shape index (κ1) is 55.7. The number of carboxylic acids is 1. The molecule has 7 rings (SSSR count). The average molecular weight is 1080 g/mol. The largest absolute Gasteiger partial charge is 0.494 e. The summed E-state index contributed by atoms with van der Waals surface area (Å²) < 4.78 is 26.4. The number of ether oxygens (including phenoxy) is 2. The van der Waals surface area contributed by atoms with Crippen LogP contribution in [0.1, 0.15) is 105 Å². The predicted molar refractivity (Wildman–Crippen MR) is 275 cm³/mol. The van der Waals surface area contributed by atoms with Gasteiger partial charge in [-0.1, -0.05) is 26.0 Å². The number of carboxylic acid groups (broad SMARTS) is 1. The van der Waals surface area contributed by atoms with E-state index in [1.54, 1.807) is 42.1 Å². The van der Waals surface area contributed by atoms with E-state index in [-0.39, 0.29) is 120 Å². The lowest BCUT2D eigenvalue weighted by Crippen LogP contribution is -2.50. The number of primary amides is 2. The number of fused-ring (bicyclic) bond motifs is 2. The highest BCUT2D eigenvalue weighted by molar-refractivity contribution is 7.81. The van der Waals surface area contributed by atoms with Crippen LogP contribution in [0, 0.1) is 13.8 Å². The van der Waals surface area contributed by atoms with Crippen molar-refractivity contribution in [2.75, 3.05) is 37.4 Å². The van der Waals surface area contributed by atoms with Crippen LogP contribution in [-0.4, -0.2) is 130 Å². The molecule has 1 saturated heterocycles. The minimum absolute atomic E-state index is 0.00113. The molecule has 0 bridgehead atoms. The molecule has 9 N–H and O–H groups in total. The highest BCUT2D eigenvalue weighted by Crippen LogP contribution is 2.33. The van der Waals surface area contributed by atoms with Crippen molar-refractivity contribution in [3.8, 4) is 11.5 Å². The number of imide groups is 1. The Hall–Kier alpha value is -9.08. The van der Waals surface area contributed by atoms with Crippen LogP contribution in [0.2, 0.25) is 0 Å². The van der Waals surface area contributed by atoms with E-state index in [9.17, 15) is 48.3 Å². The van der Waals surface area contributed by atoms with E-state index >= 15 is 0 Å². The Kier molecular flexibility index (Phi) is 17.4. The quantitative estimate of drug-likeness (QED) is 0.0176. The minimum atomic E-state index is -1.34. The molecule has 0 spiro atoms. The molecule has 1 aliphatic heterocycles. The smallest absolute Gasteiger partial charge is 0.303 e. The lowest BCUT2D eigenvalue weighted by Gasteiger charge is -2.20. The van der Waals surface area contributed by atoms with Crippen LogP contribution in [0.5, 0.6) is 11.5 Å². The van der Waals surface area contributed by atoms with Gasteiger partial charge in [-0.25, -0.2) is 19.9 Å². The van der Waals surface area contributed by atoms with Crippen LogP contribution < -0.4 is 42.2 Å². The van der Waals surface area contributed by atoms with E-state index in [0.717, 1.165) is 0 Å². The Morgan fingerprint density at radius 3 is 1.81 bits per heavy atom. The number of allylic oxidation sites excluding steroid dienone is 2. The molecule has 77 heavy (non-hydrogen) atoms. The summed E-state index contributed by atoms with van der Waals surface area (Å²) in [6.45, 7) is 5.98. The van der Waals surface area contributed by atoms with Crippen LogP contribution in [0.25, 0.3) is 22.1 Å². The summed E-state index contributed by atoms with van der Waals surface area (Å²) >= 11 is 4.05. The number of aryl methyl sites for hydroxylation is 4. The Bertz CT molecular complexity index is 3370. The SMILES string of the molecule is CCc1nc(C)oc1C(=O)Nc1nc2cc(C(N)=O)cc(OC)c2n1C/C=C/Cn1c(NC(=O)c2oc(C)nc2CC)nc2cc(C(N)=O)cc(OCCCNC(=O)[C@H](CCC(=O)O)NC(=O)CN3C(=O)CC(S)C3=O)c21. The molecular formula is C49H55N13O14S. The van der Waals surface area contributed by atoms with Crippen molar-refractivity contribution in [3.05, 3.63) is 82.2 Å². The maximum Gasteiger partial charge on any atom is 0.303 e. The number of thiol groups is 1.